The first-order chi connectivity index (χ1) is 8.11. The van der Waals surface area contributed by atoms with Gasteiger partial charge in [-0.3, -0.25) is 9.48 Å². The van der Waals surface area contributed by atoms with Crippen molar-refractivity contribution in [1.29, 1.82) is 0 Å². The van der Waals surface area contributed by atoms with Crippen LogP contribution in [0.25, 0.3) is 10.9 Å². The minimum Gasteiger partial charge on any atom is -0.325 e. The van der Waals surface area contributed by atoms with E-state index in [4.69, 9.17) is 11.6 Å². The Morgan fingerprint density at radius 1 is 1.53 bits per heavy atom. The van der Waals surface area contributed by atoms with Crippen LogP contribution >= 0.6 is 11.6 Å². The summed E-state index contributed by atoms with van der Waals surface area (Å²) in [5.41, 5.74) is 1.80. The van der Waals surface area contributed by atoms with Crippen LogP contribution < -0.4 is 5.32 Å². The zero-order chi connectivity index (χ0) is 12.4. The topological polar surface area (TPSA) is 46.9 Å². The Morgan fingerprint density at radius 3 is 2.94 bits per heavy atom. The Kier molecular flexibility index (Phi) is 3.33. The number of nitrogens with one attached hydrogen (secondary N) is 1. The van der Waals surface area contributed by atoms with Crippen molar-refractivity contribution in [1.82, 2.24) is 9.78 Å². The van der Waals surface area contributed by atoms with Crippen molar-refractivity contribution in [2.24, 2.45) is 0 Å². The van der Waals surface area contributed by atoms with Crippen LogP contribution in [0, 0.1) is 0 Å². The van der Waals surface area contributed by atoms with E-state index in [1.165, 1.54) is 0 Å². The van der Waals surface area contributed by atoms with Crippen LogP contribution in [0.15, 0.2) is 24.4 Å². The summed E-state index contributed by atoms with van der Waals surface area (Å²) in [6.07, 6.45) is 1.80. The monoisotopic (exact) mass is 251 g/mol. The fourth-order valence-electron chi connectivity index (χ4n) is 1.74. The maximum Gasteiger partial charge on any atom is 0.239 e. The van der Waals surface area contributed by atoms with E-state index in [-0.39, 0.29) is 11.8 Å². The lowest BCUT2D eigenvalue weighted by atomic mass is 10.2. The number of nitrogens with zero attached hydrogens (tertiary/aromatic N) is 2. The third kappa shape index (κ3) is 2.42. The van der Waals surface area contributed by atoms with Gasteiger partial charge in [-0.25, -0.2) is 0 Å². The van der Waals surface area contributed by atoms with Gasteiger partial charge in [0, 0.05) is 17.1 Å². The number of rotatable bonds is 3. The molecule has 0 aliphatic heterocycles. The molecular weight excluding hydrogens is 238 g/mol. The van der Waals surface area contributed by atoms with Gasteiger partial charge in [-0.05, 0) is 32.0 Å². The minimum atomic E-state index is -0.206. The van der Waals surface area contributed by atoms with Gasteiger partial charge in [0.25, 0.3) is 0 Å². The number of carbonyl (C=O) groups excluding carboxylic acids is 1. The van der Waals surface area contributed by atoms with Gasteiger partial charge in [0.1, 0.15) is 5.88 Å². The molecule has 0 radical (unpaired) electrons. The molecule has 0 saturated carbocycles. The van der Waals surface area contributed by atoms with Crippen molar-refractivity contribution in [2.75, 3.05) is 11.2 Å². The quantitative estimate of drug-likeness (QED) is 0.853. The second kappa shape index (κ2) is 4.75. The predicted molar refractivity (Wildman–Crippen MR) is 69.5 cm³/mol. The molecule has 0 fully saturated rings. The van der Waals surface area contributed by atoms with Crippen LogP contribution in [0.2, 0.25) is 0 Å². The highest BCUT2D eigenvalue weighted by Crippen LogP contribution is 2.21. The van der Waals surface area contributed by atoms with Gasteiger partial charge in [-0.1, -0.05) is 0 Å². The molecule has 1 aromatic carbocycles. The number of hydrogen-bond donors (Lipinski definition) is 1. The number of amides is 1. The van der Waals surface area contributed by atoms with Crippen LogP contribution in [0.1, 0.15) is 19.9 Å². The average molecular weight is 252 g/mol. The van der Waals surface area contributed by atoms with E-state index in [0.717, 1.165) is 16.6 Å². The SMILES string of the molecule is CC(C)n1ncc2cc(NC(=O)CCl)ccc21. The lowest BCUT2D eigenvalue weighted by Gasteiger charge is -2.07. The van der Waals surface area contributed by atoms with Crippen LogP contribution in [0.4, 0.5) is 5.69 Å². The molecule has 4 nitrogen and oxygen atoms in total. The van der Waals surface area contributed by atoms with Gasteiger partial charge in [-0.15, -0.1) is 11.6 Å². The summed E-state index contributed by atoms with van der Waals surface area (Å²) in [7, 11) is 0. The fraction of sp³-hybridized carbons (Fsp3) is 0.333. The van der Waals surface area contributed by atoms with Crippen LogP contribution in [-0.4, -0.2) is 21.6 Å². The van der Waals surface area contributed by atoms with Crippen molar-refractivity contribution in [3.05, 3.63) is 24.4 Å². The van der Waals surface area contributed by atoms with Crippen molar-refractivity contribution >= 4 is 34.1 Å². The Bertz CT molecular complexity index is 548. The molecule has 2 aromatic rings. The lowest BCUT2D eigenvalue weighted by Crippen LogP contribution is -2.12. The van der Waals surface area contributed by atoms with Crippen molar-refractivity contribution in [2.45, 2.75) is 19.9 Å². The second-order valence-electron chi connectivity index (χ2n) is 4.14. The molecule has 0 atom stereocenters. The number of alkyl halides is 1. The molecule has 0 aliphatic rings. The maximum atomic E-state index is 11.2. The third-order valence-corrected chi connectivity index (χ3v) is 2.73. The first-order valence-corrected chi connectivity index (χ1v) is 5.98. The summed E-state index contributed by atoms with van der Waals surface area (Å²) in [4.78, 5) is 11.2. The number of carbonyl (C=O) groups is 1. The number of hydrogen-bond acceptors (Lipinski definition) is 2. The summed E-state index contributed by atoms with van der Waals surface area (Å²) in [5, 5.41) is 8.03. The first kappa shape index (κ1) is 11.9. The zero-order valence-electron chi connectivity index (χ0n) is 9.77. The van der Waals surface area contributed by atoms with E-state index in [9.17, 15) is 4.79 Å². The van der Waals surface area contributed by atoms with Crippen molar-refractivity contribution in [3.63, 3.8) is 0 Å². The highest BCUT2D eigenvalue weighted by molar-refractivity contribution is 6.29. The standard InChI is InChI=1S/C12H14ClN3O/c1-8(2)16-11-4-3-10(15-12(17)6-13)5-9(11)7-14-16/h3-5,7-8H,6H2,1-2H3,(H,15,17). The highest BCUT2D eigenvalue weighted by atomic mass is 35.5. The molecule has 0 spiro atoms. The van der Waals surface area contributed by atoms with Crippen molar-refractivity contribution in [3.8, 4) is 0 Å². The molecule has 90 valence electrons. The Hall–Kier alpha value is -1.55. The van der Waals surface area contributed by atoms with Crippen molar-refractivity contribution < 1.29 is 4.79 Å². The Balaban J connectivity index is 2.36. The van der Waals surface area contributed by atoms with Gasteiger partial charge >= 0.3 is 0 Å². The molecule has 1 N–H and O–H groups in total. The first-order valence-electron chi connectivity index (χ1n) is 5.45. The normalized spacial score (nSPS) is 11.1. The smallest absolute Gasteiger partial charge is 0.239 e. The molecule has 2 rings (SSSR count). The summed E-state index contributed by atoms with van der Waals surface area (Å²) in [6.45, 7) is 4.16. The summed E-state index contributed by atoms with van der Waals surface area (Å²) in [5.74, 6) is -0.245. The van der Waals surface area contributed by atoms with Gasteiger partial charge in [0.05, 0.1) is 11.7 Å². The van der Waals surface area contributed by atoms with Crippen LogP contribution in [0.3, 0.4) is 0 Å². The molecule has 1 heterocycles. The molecule has 1 aromatic heterocycles. The minimum absolute atomic E-state index is 0.0384. The van der Waals surface area contributed by atoms with Crippen LogP contribution in [0.5, 0.6) is 0 Å². The molecule has 5 heteroatoms. The van der Waals surface area contributed by atoms with E-state index in [0.29, 0.717) is 6.04 Å². The highest BCUT2D eigenvalue weighted by Gasteiger charge is 2.07. The fourth-order valence-corrected chi connectivity index (χ4v) is 1.80. The summed E-state index contributed by atoms with van der Waals surface area (Å²) >= 11 is 5.44. The molecule has 0 unspecified atom stereocenters. The Labute approximate surface area is 105 Å². The Morgan fingerprint density at radius 2 is 2.29 bits per heavy atom. The largest absolute Gasteiger partial charge is 0.325 e. The molecular formula is C12H14ClN3O. The van der Waals surface area contributed by atoms with Gasteiger partial charge in [0.15, 0.2) is 0 Å². The van der Waals surface area contributed by atoms with E-state index in [2.05, 4.69) is 24.3 Å². The molecule has 0 saturated heterocycles. The van der Waals surface area contributed by atoms with Crippen LogP contribution in [-0.2, 0) is 4.79 Å². The maximum absolute atomic E-state index is 11.2. The molecule has 17 heavy (non-hydrogen) atoms. The molecule has 0 bridgehead atoms. The van der Waals surface area contributed by atoms with E-state index >= 15 is 0 Å². The number of halogens is 1. The third-order valence-electron chi connectivity index (χ3n) is 2.49. The van der Waals surface area contributed by atoms with Gasteiger partial charge in [0.2, 0.25) is 5.91 Å². The number of aromatic nitrogens is 2. The molecule has 0 aliphatic carbocycles. The predicted octanol–water partition coefficient (Wildman–Crippen LogP) is 2.79. The number of benzene rings is 1. The summed E-state index contributed by atoms with van der Waals surface area (Å²) < 4.78 is 1.95. The van der Waals surface area contributed by atoms with E-state index < -0.39 is 0 Å². The summed E-state index contributed by atoms with van der Waals surface area (Å²) in [6, 6.07) is 6.02. The van der Waals surface area contributed by atoms with Gasteiger partial charge < -0.3 is 5.32 Å². The molecule has 1 amide bonds. The zero-order valence-corrected chi connectivity index (χ0v) is 10.5. The number of anilines is 1. The number of fused-ring (bicyclic) bond motifs is 1. The van der Waals surface area contributed by atoms with E-state index in [1.807, 2.05) is 22.9 Å². The second-order valence-corrected chi connectivity index (χ2v) is 4.41. The van der Waals surface area contributed by atoms with Gasteiger partial charge in [-0.2, -0.15) is 5.10 Å². The van der Waals surface area contributed by atoms with E-state index in [1.54, 1.807) is 6.20 Å². The average Bonchev–Trinajstić information content (AvgIpc) is 2.71. The lowest BCUT2D eigenvalue weighted by molar-refractivity contribution is -0.113.